The zero-order valence-corrected chi connectivity index (χ0v) is 9.61. The minimum Gasteiger partial charge on any atom is -0.480 e. The first-order valence-electron chi connectivity index (χ1n) is 4.90. The lowest BCUT2D eigenvalue weighted by atomic mass is 10.1. The lowest BCUT2D eigenvalue weighted by molar-refractivity contribution is -0.142. The molecule has 0 aliphatic carbocycles. The number of hydrogen-bond donors (Lipinski definition) is 3. The van der Waals surface area contributed by atoms with Crippen molar-refractivity contribution in [2.24, 2.45) is 0 Å². The molecule has 0 saturated carbocycles. The molecule has 1 rings (SSSR count). The predicted octanol–water partition coefficient (Wildman–Crippen LogP) is 1.26. The molecule has 0 aromatic heterocycles. The lowest BCUT2D eigenvalue weighted by Gasteiger charge is -2.17. The highest BCUT2D eigenvalue weighted by Crippen LogP contribution is 2.14. The van der Waals surface area contributed by atoms with Crippen molar-refractivity contribution in [2.45, 2.75) is 25.6 Å². The summed E-state index contributed by atoms with van der Waals surface area (Å²) in [6.45, 7) is 1.74. The SMILES string of the molecule is CC(O)C(NCc1ccccc1Cl)C(=O)O. The molecule has 0 aliphatic rings. The van der Waals surface area contributed by atoms with Crippen molar-refractivity contribution in [3.8, 4) is 0 Å². The molecule has 0 aliphatic heterocycles. The molecule has 1 aromatic carbocycles. The van der Waals surface area contributed by atoms with E-state index in [2.05, 4.69) is 5.32 Å². The van der Waals surface area contributed by atoms with Gasteiger partial charge in [0.2, 0.25) is 0 Å². The Kier molecular flexibility index (Phi) is 4.73. The Morgan fingerprint density at radius 3 is 2.62 bits per heavy atom. The maximum Gasteiger partial charge on any atom is 0.323 e. The Hall–Kier alpha value is -1.10. The van der Waals surface area contributed by atoms with Crippen LogP contribution in [0.15, 0.2) is 24.3 Å². The highest BCUT2D eigenvalue weighted by Gasteiger charge is 2.22. The second-order valence-corrected chi connectivity index (χ2v) is 3.94. The van der Waals surface area contributed by atoms with Crippen LogP contribution < -0.4 is 5.32 Å². The summed E-state index contributed by atoms with van der Waals surface area (Å²) in [5.41, 5.74) is 0.802. The van der Waals surface area contributed by atoms with Crippen LogP contribution in [0.2, 0.25) is 5.02 Å². The number of carbonyl (C=O) groups is 1. The van der Waals surface area contributed by atoms with Crippen molar-refractivity contribution in [3.63, 3.8) is 0 Å². The van der Waals surface area contributed by atoms with E-state index in [1.54, 1.807) is 18.2 Å². The quantitative estimate of drug-likeness (QED) is 0.728. The normalized spacial score (nSPS) is 14.4. The van der Waals surface area contributed by atoms with Gasteiger partial charge in [-0.15, -0.1) is 0 Å². The average molecular weight is 244 g/mol. The van der Waals surface area contributed by atoms with Crippen molar-refractivity contribution < 1.29 is 15.0 Å². The highest BCUT2D eigenvalue weighted by molar-refractivity contribution is 6.31. The average Bonchev–Trinajstić information content (AvgIpc) is 2.20. The number of halogens is 1. The molecular formula is C11H14ClNO3. The molecule has 0 amide bonds. The molecule has 0 spiro atoms. The number of benzene rings is 1. The van der Waals surface area contributed by atoms with E-state index in [9.17, 15) is 9.90 Å². The summed E-state index contributed by atoms with van der Waals surface area (Å²) in [6.07, 6.45) is -0.958. The first-order valence-corrected chi connectivity index (χ1v) is 5.28. The number of hydrogen-bond acceptors (Lipinski definition) is 3. The molecule has 5 heteroatoms. The summed E-state index contributed by atoms with van der Waals surface area (Å²) >= 11 is 5.92. The van der Waals surface area contributed by atoms with Crippen LogP contribution in [0.25, 0.3) is 0 Å². The van der Waals surface area contributed by atoms with Crippen LogP contribution >= 0.6 is 11.6 Å². The van der Waals surface area contributed by atoms with E-state index in [1.165, 1.54) is 6.92 Å². The van der Waals surface area contributed by atoms with Crippen LogP contribution in [-0.4, -0.2) is 28.3 Å². The molecule has 88 valence electrons. The first-order chi connectivity index (χ1) is 7.52. The smallest absolute Gasteiger partial charge is 0.323 e. The molecule has 4 nitrogen and oxygen atoms in total. The number of aliphatic hydroxyl groups excluding tert-OH is 1. The maximum atomic E-state index is 10.8. The highest BCUT2D eigenvalue weighted by atomic mass is 35.5. The number of aliphatic carboxylic acids is 1. The van der Waals surface area contributed by atoms with Crippen molar-refractivity contribution in [2.75, 3.05) is 0 Å². The third kappa shape index (κ3) is 3.48. The zero-order valence-electron chi connectivity index (χ0n) is 8.85. The van der Waals surface area contributed by atoms with Crippen LogP contribution in [-0.2, 0) is 11.3 Å². The van der Waals surface area contributed by atoms with Crippen LogP contribution in [0, 0.1) is 0 Å². The Bertz CT molecular complexity index is 368. The molecule has 0 heterocycles. The summed E-state index contributed by atoms with van der Waals surface area (Å²) < 4.78 is 0. The number of carboxylic acids is 1. The summed E-state index contributed by atoms with van der Waals surface area (Å²) in [5.74, 6) is -1.08. The predicted molar refractivity (Wildman–Crippen MR) is 61.4 cm³/mol. The summed E-state index contributed by atoms with van der Waals surface area (Å²) in [5, 5.41) is 21.4. The van der Waals surface area contributed by atoms with Gasteiger partial charge < -0.3 is 10.2 Å². The van der Waals surface area contributed by atoms with E-state index in [-0.39, 0.29) is 0 Å². The molecule has 3 N–H and O–H groups in total. The van der Waals surface area contributed by atoms with Gasteiger partial charge in [0, 0.05) is 11.6 Å². The van der Waals surface area contributed by atoms with Crippen molar-refractivity contribution in [1.29, 1.82) is 0 Å². The molecule has 0 bridgehead atoms. The van der Waals surface area contributed by atoms with Gasteiger partial charge in [-0.1, -0.05) is 29.8 Å². The van der Waals surface area contributed by atoms with Gasteiger partial charge in [-0.2, -0.15) is 0 Å². The Morgan fingerprint density at radius 2 is 2.12 bits per heavy atom. The summed E-state index contributed by atoms with van der Waals surface area (Å²) in [4.78, 5) is 10.8. The van der Waals surface area contributed by atoms with Gasteiger partial charge in [0.25, 0.3) is 0 Å². The number of nitrogens with one attached hydrogen (secondary N) is 1. The third-order valence-corrected chi connectivity index (χ3v) is 2.59. The molecule has 1 aromatic rings. The van der Waals surface area contributed by atoms with E-state index in [1.807, 2.05) is 6.07 Å². The van der Waals surface area contributed by atoms with E-state index in [0.29, 0.717) is 11.6 Å². The number of aliphatic hydroxyl groups is 1. The Balaban J connectivity index is 2.63. The summed E-state index contributed by atoms with van der Waals surface area (Å²) in [6, 6.07) is 6.17. The minimum absolute atomic E-state index is 0.307. The molecule has 2 atom stereocenters. The van der Waals surface area contributed by atoms with Crippen molar-refractivity contribution >= 4 is 17.6 Å². The summed E-state index contributed by atoms with van der Waals surface area (Å²) in [7, 11) is 0. The van der Waals surface area contributed by atoms with E-state index in [4.69, 9.17) is 16.7 Å². The standard InChI is InChI=1S/C11H14ClNO3/c1-7(14)10(11(15)16)13-6-8-4-2-3-5-9(8)12/h2-5,7,10,13-14H,6H2,1H3,(H,15,16). The lowest BCUT2D eigenvalue weighted by Crippen LogP contribution is -2.44. The molecule has 16 heavy (non-hydrogen) atoms. The van der Waals surface area contributed by atoms with Crippen molar-refractivity contribution in [3.05, 3.63) is 34.9 Å². The second kappa shape index (κ2) is 5.84. The fourth-order valence-electron chi connectivity index (χ4n) is 1.33. The third-order valence-electron chi connectivity index (χ3n) is 2.22. The molecule has 0 saturated heterocycles. The Morgan fingerprint density at radius 1 is 1.50 bits per heavy atom. The van der Waals surface area contributed by atoms with Gasteiger partial charge >= 0.3 is 5.97 Å². The van der Waals surface area contributed by atoms with Gasteiger partial charge in [0.15, 0.2) is 0 Å². The largest absolute Gasteiger partial charge is 0.480 e. The van der Waals surface area contributed by atoms with E-state index >= 15 is 0 Å². The fraction of sp³-hybridized carbons (Fsp3) is 0.364. The molecule has 2 unspecified atom stereocenters. The molecule has 0 radical (unpaired) electrons. The van der Waals surface area contributed by atoms with Gasteiger partial charge in [-0.3, -0.25) is 10.1 Å². The van der Waals surface area contributed by atoms with Gasteiger partial charge in [0.05, 0.1) is 6.10 Å². The topological polar surface area (TPSA) is 69.6 Å². The number of rotatable bonds is 5. The Labute approximate surface area is 98.9 Å². The first kappa shape index (κ1) is 13.0. The molecule has 0 fully saturated rings. The van der Waals surface area contributed by atoms with Crippen LogP contribution in [0.5, 0.6) is 0 Å². The van der Waals surface area contributed by atoms with Crippen LogP contribution in [0.4, 0.5) is 0 Å². The van der Waals surface area contributed by atoms with Gasteiger partial charge in [0.1, 0.15) is 6.04 Å². The van der Waals surface area contributed by atoms with E-state index in [0.717, 1.165) is 5.56 Å². The van der Waals surface area contributed by atoms with Crippen LogP contribution in [0.3, 0.4) is 0 Å². The zero-order chi connectivity index (χ0) is 12.1. The van der Waals surface area contributed by atoms with Crippen molar-refractivity contribution in [1.82, 2.24) is 5.32 Å². The fourth-order valence-corrected chi connectivity index (χ4v) is 1.53. The molecular weight excluding hydrogens is 230 g/mol. The second-order valence-electron chi connectivity index (χ2n) is 3.53. The monoisotopic (exact) mass is 243 g/mol. The van der Waals surface area contributed by atoms with Crippen LogP contribution in [0.1, 0.15) is 12.5 Å². The van der Waals surface area contributed by atoms with Gasteiger partial charge in [-0.05, 0) is 18.6 Å². The number of carboxylic acid groups (broad SMARTS) is 1. The van der Waals surface area contributed by atoms with Gasteiger partial charge in [-0.25, -0.2) is 0 Å². The minimum atomic E-state index is -1.08. The van der Waals surface area contributed by atoms with E-state index < -0.39 is 18.1 Å². The maximum absolute atomic E-state index is 10.8.